The van der Waals surface area contributed by atoms with Gasteiger partial charge < -0.3 is 9.47 Å². The van der Waals surface area contributed by atoms with Gasteiger partial charge in [0.15, 0.2) is 0 Å². The molecule has 158 valence electrons. The molecule has 1 aromatic carbocycles. The van der Waals surface area contributed by atoms with Crippen molar-refractivity contribution in [3.8, 4) is 0 Å². The number of esters is 2. The first-order valence-electron chi connectivity index (χ1n) is 11.1. The van der Waals surface area contributed by atoms with Crippen molar-refractivity contribution in [1.29, 1.82) is 0 Å². The van der Waals surface area contributed by atoms with Crippen molar-refractivity contribution in [2.24, 2.45) is 11.8 Å². The molecule has 1 aliphatic carbocycles. The van der Waals surface area contributed by atoms with E-state index in [1.165, 1.54) is 19.3 Å². The fourth-order valence-electron chi connectivity index (χ4n) is 4.65. The molecule has 1 aromatic rings. The molecule has 29 heavy (non-hydrogen) atoms. The predicted molar refractivity (Wildman–Crippen MR) is 109 cm³/mol. The molecule has 0 amide bonds. The van der Waals surface area contributed by atoms with Gasteiger partial charge in [-0.15, -0.1) is 0 Å². The molecule has 5 nitrogen and oxygen atoms in total. The van der Waals surface area contributed by atoms with Crippen LogP contribution in [-0.4, -0.2) is 29.9 Å². The number of carbonyl (C=O) groups excluding carboxylic acids is 3. The number of Topliss-reactive ketones (excluding diaryl/α,β-unsaturated/α-hetero) is 1. The molecule has 1 saturated carbocycles. The molecule has 4 atom stereocenters. The van der Waals surface area contributed by atoms with Gasteiger partial charge in [0.1, 0.15) is 18.0 Å². The van der Waals surface area contributed by atoms with E-state index in [2.05, 4.69) is 6.92 Å². The Morgan fingerprint density at radius 2 is 1.83 bits per heavy atom. The largest absolute Gasteiger partial charge is 0.462 e. The highest BCUT2D eigenvalue weighted by atomic mass is 16.6. The summed E-state index contributed by atoms with van der Waals surface area (Å²) >= 11 is 0. The van der Waals surface area contributed by atoms with Crippen LogP contribution in [0.15, 0.2) is 30.3 Å². The monoisotopic (exact) mass is 400 g/mol. The van der Waals surface area contributed by atoms with Gasteiger partial charge in [-0.05, 0) is 25.0 Å². The second-order valence-corrected chi connectivity index (χ2v) is 8.35. The second kappa shape index (κ2) is 10.6. The number of fused-ring (bicyclic) bond motifs is 1. The zero-order valence-corrected chi connectivity index (χ0v) is 17.3. The number of hydrogen-bond acceptors (Lipinski definition) is 5. The van der Waals surface area contributed by atoms with Gasteiger partial charge in [-0.3, -0.25) is 9.59 Å². The number of hydrogen-bond donors (Lipinski definition) is 0. The first-order valence-corrected chi connectivity index (χ1v) is 11.1. The Kier molecular flexibility index (Phi) is 7.84. The maximum absolute atomic E-state index is 12.5. The maximum atomic E-state index is 12.5. The molecule has 0 aromatic heterocycles. The molecule has 1 heterocycles. The highest BCUT2D eigenvalue weighted by molar-refractivity contribution is 5.89. The van der Waals surface area contributed by atoms with E-state index in [0.717, 1.165) is 12.8 Å². The van der Waals surface area contributed by atoms with Crippen LogP contribution in [0.5, 0.6) is 0 Å². The van der Waals surface area contributed by atoms with Crippen LogP contribution in [0.4, 0.5) is 0 Å². The Balaban J connectivity index is 1.53. The molecule has 0 radical (unpaired) electrons. The third-order valence-corrected chi connectivity index (χ3v) is 6.24. The lowest BCUT2D eigenvalue weighted by molar-refractivity contribution is -0.141. The minimum Gasteiger partial charge on any atom is -0.462 e. The quantitative estimate of drug-likeness (QED) is 0.391. The van der Waals surface area contributed by atoms with E-state index in [4.69, 9.17) is 9.47 Å². The summed E-state index contributed by atoms with van der Waals surface area (Å²) in [5, 5.41) is 0. The Morgan fingerprint density at radius 3 is 2.59 bits per heavy atom. The zero-order valence-electron chi connectivity index (χ0n) is 17.3. The SMILES string of the molecule is CCCCCCCC(=O)CC[C@@H]1[C@H]2CC(=O)O[C@H]2C[C@H]1OC(=O)c1ccccc1. The summed E-state index contributed by atoms with van der Waals surface area (Å²) in [7, 11) is 0. The van der Waals surface area contributed by atoms with E-state index in [1.54, 1.807) is 24.3 Å². The normalized spacial score (nSPS) is 25.5. The number of benzene rings is 1. The van der Waals surface area contributed by atoms with E-state index in [9.17, 15) is 14.4 Å². The molecule has 0 spiro atoms. The molecule has 2 fully saturated rings. The lowest BCUT2D eigenvalue weighted by Crippen LogP contribution is -2.26. The molecule has 0 N–H and O–H groups in total. The van der Waals surface area contributed by atoms with Crippen LogP contribution in [0.2, 0.25) is 0 Å². The molecular formula is C24H32O5. The second-order valence-electron chi connectivity index (χ2n) is 8.35. The summed E-state index contributed by atoms with van der Waals surface area (Å²) in [5.74, 6) is -0.214. The van der Waals surface area contributed by atoms with Crippen molar-refractivity contribution in [2.45, 2.75) is 83.3 Å². The lowest BCUT2D eigenvalue weighted by atomic mass is 9.87. The number of unbranched alkanes of at least 4 members (excludes halogenated alkanes) is 4. The summed E-state index contributed by atoms with van der Waals surface area (Å²) in [6.45, 7) is 2.18. The van der Waals surface area contributed by atoms with Crippen LogP contribution < -0.4 is 0 Å². The Hall–Kier alpha value is -2.17. The molecule has 3 rings (SSSR count). The number of ether oxygens (including phenoxy) is 2. The van der Waals surface area contributed by atoms with Crippen LogP contribution in [-0.2, 0) is 19.1 Å². The smallest absolute Gasteiger partial charge is 0.338 e. The van der Waals surface area contributed by atoms with Gasteiger partial charge in [-0.25, -0.2) is 4.79 Å². The summed E-state index contributed by atoms with van der Waals surface area (Å²) in [4.78, 5) is 36.6. The molecule has 2 aliphatic rings. The van der Waals surface area contributed by atoms with Gasteiger partial charge in [0.2, 0.25) is 0 Å². The van der Waals surface area contributed by atoms with Crippen molar-refractivity contribution in [3.05, 3.63) is 35.9 Å². The topological polar surface area (TPSA) is 69.7 Å². The van der Waals surface area contributed by atoms with Gasteiger partial charge in [-0.1, -0.05) is 50.8 Å². The zero-order chi connectivity index (χ0) is 20.6. The number of ketones is 1. The van der Waals surface area contributed by atoms with E-state index in [1.807, 2.05) is 6.07 Å². The average Bonchev–Trinajstić information content (AvgIpc) is 3.22. The summed E-state index contributed by atoms with van der Waals surface area (Å²) < 4.78 is 11.2. The van der Waals surface area contributed by atoms with Crippen molar-refractivity contribution < 1.29 is 23.9 Å². The fraction of sp³-hybridized carbons (Fsp3) is 0.625. The van der Waals surface area contributed by atoms with Crippen LogP contribution in [0, 0.1) is 11.8 Å². The van der Waals surface area contributed by atoms with Crippen LogP contribution in [0.3, 0.4) is 0 Å². The van der Waals surface area contributed by atoms with Crippen molar-refractivity contribution >= 4 is 17.7 Å². The van der Waals surface area contributed by atoms with Crippen LogP contribution in [0.25, 0.3) is 0 Å². The number of rotatable bonds is 11. The van der Waals surface area contributed by atoms with E-state index >= 15 is 0 Å². The van der Waals surface area contributed by atoms with Gasteiger partial charge in [0, 0.05) is 31.1 Å². The van der Waals surface area contributed by atoms with Gasteiger partial charge >= 0.3 is 11.9 Å². The van der Waals surface area contributed by atoms with Crippen LogP contribution in [0.1, 0.15) is 81.5 Å². The first-order chi connectivity index (χ1) is 14.1. The molecular weight excluding hydrogens is 368 g/mol. The highest BCUT2D eigenvalue weighted by Gasteiger charge is 2.51. The maximum Gasteiger partial charge on any atom is 0.338 e. The third-order valence-electron chi connectivity index (χ3n) is 6.24. The molecule has 1 saturated heterocycles. The fourth-order valence-corrected chi connectivity index (χ4v) is 4.65. The molecule has 0 bridgehead atoms. The lowest BCUT2D eigenvalue weighted by Gasteiger charge is -2.23. The molecule has 0 unspecified atom stereocenters. The molecule has 5 heteroatoms. The summed E-state index contributed by atoms with van der Waals surface area (Å²) in [6.07, 6.45) is 7.81. The van der Waals surface area contributed by atoms with Crippen molar-refractivity contribution in [2.75, 3.05) is 0 Å². The van der Waals surface area contributed by atoms with Crippen LogP contribution >= 0.6 is 0 Å². The Morgan fingerprint density at radius 1 is 1.07 bits per heavy atom. The standard InChI is InChI=1S/C24H32O5/c1-2-3-4-5-9-12-18(25)13-14-19-20-15-23(26)28-22(20)16-21(19)29-24(27)17-10-7-6-8-11-17/h6-8,10-11,19-22H,2-5,9,12-16H2,1H3/t19-,20-,21-,22+/m1/s1. The first kappa shape index (κ1) is 21.5. The Bertz CT molecular complexity index is 698. The third kappa shape index (κ3) is 5.91. The minimum absolute atomic E-state index is 0.00292. The van der Waals surface area contributed by atoms with E-state index in [0.29, 0.717) is 37.7 Å². The predicted octanol–water partition coefficient (Wildman–Crippen LogP) is 4.87. The van der Waals surface area contributed by atoms with E-state index in [-0.39, 0.29) is 41.8 Å². The number of carbonyl (C=O) groups is 3. The van der Waals surface area contributed by atoms with Gasteiger partial charge in [0.25, 0.3) is 0 Å². The summed E-state index contributed by atoms with van der Waals surface area (Å²) in [5.41, 5.74) is 0.517. The Labute approximate surface area is 173 Å². The molecule has 1 aliphatic heterocycles. The minimum atomic E-state index is -0.353. The summed E-state index contributed by atoms with van der Waals surface area (Å²) in [6, 6.07) is 8.92. The van der Waals surface area contributed by atoms with Crippen molar-refractivity contribution in [3.63, 3.8) is 0 Å². The van der Waals surface area contributed by atoms with Gasteiger partial charge in [0.05, 0.1) is 12.0 Å². The van der Waals surface area contributed by atoms with Crippen molar-refractivity contribution in [1.82, 2.24) is 0 Å². The average molecular weight is 401 g/mol. The van der Waals surface area contributed by atoms with Gasteiger partial charge in [-0.2, -0.15) is 0 Å². The van der Waals surface area contributed by atoms with E-state index < -0.39 is 0 Å². The highest BCUT2D eigenvalue weighted by Crippen LogP contribution is 2.45.